The highest BCUT2D eigenvalue weighted by Gasteiger charge is 2.15. The topological polar surface area (TPSA) is 60.9 Å². The zero-order chi connectivity index (χ0) is 12.3. The van der Waals surface area contributed by atoms with E-state index in [2.05, 4.69) is 10.1 Å². The lowest BCUT2D eigenvalue weighted by Crippen LogP contribution is -2.11. The summed E-state index contributed by atoms with van der Waals surface area (Å²) < 4.78 is 6.78. The molecule has 90 valence electrons. The standard InChI is InChI=1S/C11H12ClN3O2/c1-2-5-15-11(13-7-14-15)6-8(16)9-3-4-10(12)17-9/h3-4,7H,2,5-6H2,1H3. The van der Waals surface area contributed by atoms with E-state index in [1.54, 1.807) is 16.8 Å². The summed E-state index contributed by atoms with van der Waals surface area (Å²) >= 11 is 5.62. The Labute approximate surface area is 103 Å². The Kier molecular flexibility index (Phi) is 3.58. The Morgan fingerprint density at radius 2 is 2.35 bits per heavy atom. The normalized spacial score (nSPS) is 10.7. The molecule has 0 unspecified atom stereocenters. The highest BCUT2D eigenvalue weighted by Crippen LogP contribution is 2.15. The fourth-order valence-electron chi connectivity index (χ4n) is 1.52. The summed E-state index contributed by atoms with van der Waals surface area (Å²) in [7, 11) is 0. The van der Waals surface area contributed by atoms with Gasteiger partial charge in [0.15, 0.2) is 11.0 Å². The Morgan fingerprint density at radius 1 is 1.53 bits per heavy atom. The zero-order valence-electron chi connectivity index (χ0n) is 9.39. The van der Waals surface area contributed by atoms with Gasteiger partial charge in [-0.15, -0.1) is 0 Å². The van der Waals surface area contributed by atoms with Crippen molar-refractivity contribution in [2.75, 3.05) is 0 Å². The van der Waals surface area contributed by atoms with Crippen LogP contribution in [0.4, 0.5) is 0 Å². The van der Waals surface area contributed by atoms with Gasteiger partial charge in [0.2, 0.25) is 5.78 Å². The molecule has 6 heteroatoms. The van der Waals surface area contributed by atoms with Crippen LogP contribution >= 0.6 is 11.6 Å². The van der Waals surface area contributed by atoms with Crippen molar-refractivity contribution < 1.29 is 9.21 Å². The van der Waals surface area contributed by atoms with Crippen molar-refractivity contribution in [1.82, 2.24) is 14.8 Å². The molecular formula is C11H12ClN3O2. The molecule has 0 fully saturated rings. The monoisotopic (exact) mass is 253 g/mol. The van der Waals surface area contributed by atoms with Crippen LogP contribution in [0.5, 0.6) is 0 Å². The molecular weight excluding hydrogens is 242 g/mol. The maximum atomic E-state index is 11.8. The molecule has 0 aliphatic rings. The molecule has 0 N–H and O–H groups in total. The molecule has 0 saturated carbocycles. The number of aryl methyl sites for hydroxylation is 1. The number of nitrogens with zero attached hydrogens (tertiary/aromatic N) is 3. The van der Waals surface area contributed by atoms with E-state index in [0.717, 1.165) is 13.0 Å². The van der Waals surface area contributed by atoms with Crippen LogP contribution in [0, 0.1) is 0 Å². The minimum Gasteiger partial charge on any atom is -0.442 e. The van der Waals surface area contributed by atoms with Gasteiger partial charge in [-0.2, -0.15) is 5.10 Å². The van der Waals surface area contributed by atoms with Crippen LogP contribution in [0.2, 0.25) is 5.22 Å². The SMILES string of the molecule is CCCn1ncnc1CC(=O)c1ccc(Cl)o1. The first-order chi connectivity index (χ1) is 8.20. The van der Waals surface area contributed by atoms with Crippen LogP contribution in [0.1, 0.15) is 29.7 Å². The molecule has 0 radical (unpaired) electrons. The van der Waals surface area contributed by atoms with E-state index in [4.69, 9.17) is 16.0 Å². The Hall–Kier alpha value is -1.62. The number of Topliss-reactive ketones (excluding diaryl/α,β-unsaturated/α-hetero) is 1. The van der Waals surface area contributed by atoms with Crippen LogP contribution in [0.25, 0.3) is 0 Å². The van der Waals surface area contributed by atoms with Crippen molar-refractivity contribution in [2.45, 2.75) is 26.3 Å². The minimum absolute atomic E-state index is 0.151. The molecule has 0 atom stereocenters. The average molecular weight is 254 g/mol. The van der Waals surface area contributed by atoms with Crippen molar-refractivity contribution in [3.05, 3.63) is 35.3 Å². The molecule has 0 aromatic carbocycles. The fourth-order valence-corrected chi connectivity index (χ4v) is 1.66. The Bertz CT molecular complexity index is 518. The molecule has 5 nitrogen and oxygen atoms in total. The van der Waals surface area contributed by atoms with Crippen LogP contribution in [0.15, 0.2) is 22.9 Å². The van der Waals surface area contributed by atoms with Gasteiger partial charge in [0.05, 0.1) is 6.42 Å². The summed E-state index contributed by atoms with van der Waals surface area (Å²) in [6, 6.07) is 3.11. The predicted octanol–water partition coefficient (Wildman–Crippen LogP) is 2.36. The van der Waals surface area contributed by atoms with E-state index in [0.29, 0.717) is 5.82 Å². The van der Waals surface area contributed by atoms with Crippen molar-refractivity contribution in [3.63, 3.8) is 0 Å². The molecule has 0 aliphatic heterocycles. The summed E-state index contributed by atoms with van der Waals surface area (Å²) in [5, 5.41) is 4.27. The van der Waals surface area contributed by atoms with E-state index in [1.807, 2.05) is 6.92 Å². The first-order valence-electron chi connectivity index (χ1n) is 5.36. The highest BCUT2D eigenvalue weighted by molar-refractivity contribution is 6.29. The third-order valence-corrected chi connectivity index (χ3v) is 2.50. The number of hydrogen-bond acceptors (Lipinski definition) is 4. The third kappa shape index (κ3) is 2.74. The maximum absolute atomic E-state index is 11.8. The summed E-state index contributed by atoms with van der Waals surface area (Å²) in [5.41, 5.74) is 0. The smallest absolute Gasteiger partial charge is 0.205 e. The number of carbonyl (C=O) groups is 1. The van der Waals surface area contributed by atoms with Crippen molar-refractivity contribution in [2.24, 2.45) is 0 Å². The number of ketones is 1. The minimum atomic E-state index is -0.151. The third-order valence-electron chi connectivity index (χ3n) is 2.30. The van der Waals surface area contributed by atoms with Gasteiger partial charge in [-0.05, 0) is 30.2 Å². The highest BCUT2D eigenvalue weighted by atomic mass is 35.5. The molecule has 2 aromatic rings. The number of rotatable bonds is 5. The van der Waals surface area contributed by atoms with Crippen molar-refractivity contribution in [3.8, 4) is 0 Å². The second kappa shape index (κ2) is 5.14. The predicted molar refractivity (Wildman–Crippen MR) is 62.1 cm³/mol. The lowest BCUT2D eigenvalue weighted by atomic mass is 10.2. The summed E-state index contributed by atoms with van der Waals surface area (Å²) in [6.07, 6.45) is 2.56. The lowest BCUT2D eigenvalue weighted by Gasteiger charge is -2.02. The largest absolute Gasteiger partial charge is 0.442 e. The average Bonchev–Trinajstić information content (AvgIpc) is 2.89. The number of furan rings is 1. The second-order valence-electron chi connectivity index (χ2n) is 3.60. The summed E-state index contributed by atoms with van der Waals surface area (Å²) in [5.74, 6) is 0.743. The van der Waals surface area contributed by atoms with Gasteiger partial charge in [0, 0.05) is 6.54 Å². The number of hydrogen-bond donors (Lipinski definition) is 0. The first-order valence-corrected chi connectivity index (χ1v) is 5.73. The lowest BCUT2D eigenvalue weighted by molar-refractivity contribution is 0.0962. The molecule has 0 amide bonds. The molecule has 2 rings (SSSR count). The number of halogens is 1. The van der Waals surface area contributed by atoms with Gasteiger partial charge >= 0.3 is 0 Å². The first kappa shape index (κ1) is 11.9. The number of aromatic nitrogens is 3. The fraction of sp³-hybridized carbons (Fsp3) is 0.364. The van der Waals surface area contributed by atoms with E-state index in [9.17, 15) is 4.79 Å². The molecule has 0 bridgehead atoms. The van der Waals surface area contributed by atoms with Crippen LogP contribution in [-0.4, -0.2) is 20.5 Å². The Balaban J connectivity index is 2.10. The van der Waals surface area contributed by atoms with Gasteiger partial charge in [0.25, 0.3) is 0 Å². The molecule has 17 heavy (non-hydrogen) atoms. The van der Waals surface area contributed by atoms with Crippen molar-refractivity contribution >= 4 is 17.4 Å². The van der Waals surface area contributed by atoms with Gasteiger partial charge in [-0.3, -0.25) is 4.79 Å². The van der Waals surface area contributed by atoms with Gasteiger partial charge in [0.1, 0.15) is 12.2 Å². The maximum Gasteiger partial charge on any atom is 0.205 e. The molecule has 0 spiro atoms. The molecule has 2 aromatic heterocycles. The molecule has 2 heterocycles. The van der Waals surface area contributed by atoms with E-state index in [1.165, 1.54) is 6.33 Å². The molecule has 0 saturated heterocycles. The van der Waals surface area contributed by atoms with Crippen molar-refractivity contribution in [1.29, 1.82) is 0 Å². The van der Waals surface area contributed by atoms with E-state index >= 15 is 0 Å². The summed E-state index contributed by atoms with van der Waals surface area (Å²) in [6.45, 7) is 2.79. The van der Waals surface area contributed by atoms with E-state index < -0.39 is 0 Å². The van der Waals surface area contributed by atoms with Gasteiger partial charge in [-0.25, -0.2) is 9.67 Å². The summed E-state index contributed by atoms with van der Waals surface area (Å²) in [4.78, 5) is 15.9. The Morgan fingerprint density at radius 3 is 3.00 bits per heavy atom. The zero-order valence-corrected chi connectivity index (χ0v) is 10.1. The van der Waals surface area contributed by atoms with Gasteiger partial charge in [-0.1, -0.05) is 6.92 Å². The molecule has 0 aliphatic carbocycles. The van der Waals surface area contributed by atoms with Crippen LogP contribution < -0.4 is 0 Å². The van der Waals surface area contributed by atoms with Crippen LogP contribution in [-0.2, 0) is 13.0 Å². The second-order valence-corrected chi connectivity index (χ2v) is 3.98. The number of carbonyl (C=O) groups excluding carboxylic acids is 1. The quantitative estimate of drug-likeness (QED) is 0.768. The van der Waals surface area contributed by atoms with E-state index in [-0.39, 0.29) is 23.2 Å². The van der Waals surface area contributed by atoms with Gasteiger partial charge < -0.3 is 4.42 Å². The van der Waals surface area contributed by atoms with Crippen LogP contribution in [0.3, 0.4) is 0 Å².